The molecule has 0 saturated carbocycles. The predicted molar refractivity (Wildman–Crippen MR) is 140 cm³/mol. The van der Waals surface area contributed by atoms with E-state index in [4.69, 9.17) is 4.98 Å². The summed E-state index contributed by atoms with van der Waals surface area (Å²) in [5.74, 6) is 0.842. The third-order valence-electron chi connectivity index (χ3n) is 6.05. The fourth-order valence-electron chi connectivity index (χ4n) is 4.18. The summed E-state index contributed by atoms with van der Waals surface area (Å²) in [6, 6.07) is 10.4. The summed E-state index contributed by atoms with van der Waals surface area (Å²) in [6.45, 7) is 12.7. The number of hydrogen-bond donors (Lipinski definition) is 0. The molecule has 174 valence electrons. The molecule has 0 spiro atoms. The van der Waals surface area contributed by atoms with Gasteiger partial charge >= 0.3 is 0 Å². The lowest BCUT2D eigenvalue weighted by Crippen LogP contribution is -2.48. The summed E-state index contributed by atoms with van der Waals surface area (Å²) in [4.78, 5) is 24.3. The number of carbonyl (C=O) groups excluding carboxylic acids is 1. The minimum atomic E-state index is 0.154. The first-order valence-electron chi connectivity index (χ1n) is 11.5. The summed E-state index contributed by atoms with van der Waals surface area (Å²) >= 11 is 3.42. The van der Waals surface area contributed by atoms with Crippen molar-refractivity contribution in [2.24, 2.45) is 0 Å². The average molecular weight is 481 g/mol. The maximum Gasteiger partial charge on any atom is 0.233 e. The van der Waals surface area contributed by atoms with Crippen LogP contribution in [0.3, 0.4) is 0 Å². The Labute approximate surface area is 205 Å². The number of nitrogens with zero attached hydrogens (tertiary/aromatic N) is 4. The number of thioether (sulfide) groups is 1. The van der Waals surface area contributed by atoms with Crippen LogP contribution in [-0.2, 0) is 11.3 Å². The Kier molecular flexibility index (Phi) is 8.56. The zero-order valence-electron chi connectivity index (χ0n) is 19.2. The number of piperazine rings is 1. The van der Waals surface area contributed by atoms with E-state index >= 15 is 0 Å². The number of rotatable bonds is 9. The van der Waals surface area contributed by atoms with Gasteiger partial charge in [-0.1, -0.05) is 61.2 Å². The molecule has 2 aliphatic heterocycles. The highest BCUT2D eigenvalue weighted by atomic mass is 32.2. The largest absolute Gasteiger partial charge is 0.325 e. The normalized spacial score (nSPS) is 20.8. The lowest BCUT2D eigenvalue weighted by atomic mass is 10.2. The van der Waals surface area contributed by atoms with E-state index in [1.807, 2.05) is 31.2 Å². The second-order valence-corrected chi connectivity index (χ2v) is 10.2. The highest BCUT2D eigenvalue weighted by molar-refractivity contribution is 8.00. The predicted octanol–water partition coefficient (Wildman–Crippen LogP) is 4.68. The van der Waals surface area contributed by atoms with Gasteiger partial charge in [0.2, 0.25) is 5.91 Å². The van der Waals surface area contributed by atoms with Crippen molar-refractivity contribution in [1.82, 2.24) is 19.7 Å². The van der Waals surface area contributed by atoms with Crippen LogP contribution in [0.4, 0.5) is 0 Å². The molecule has 1 amide bonds. The van der Waals surface area contributed by atoms with Gasteiger partial charge in [0.05, 0.1) is 11.4 Å². The Morgan fingerprint density at radius 3 is 2.64 bits per heavy atom. The van der Waals surface area contributed by atoms with Crippen molar-refractivity contribution >= 4 is 34.6 Å². The van der Waals surface area contributed by atoms with Gasteiger partial charge in [-0.3, -0.25) is 14.6 Å². The van der Waals surface area contributed by atoms with Crippen molar-refractivity contribution in [3.8, 4) is 0 Å². The van der Waals surface area contributed by atoms with Crippen LogP contribution in [0.25, 0.3) is 5.57 Å². The Balaban J connectivity index is 1.25. The van der Waals surface area contributed by atoms with E-state index in [9.17, 15) is 4.79 Å². The van der Waals surface area contributed by atoms with Gasteiger partial charge in [0.15, 0.2) is 0 Å². The fourth-order valence-corrected chi connectivity index (χ4v) is 6.23. The lowest BCUT2D eigenvalue weighted by Gasteiger charge is -2.35. The SMILES string of the molecule is C=C/C(=C\C=C/C)c1nc(CN2CCN(CCN3C(=O)CSC3c3ccccc3)CC2)cs1. The third-order valence-corrected chi connectivity index (χ3v) is 8.24. The van der Waals surface area contributed by atoms with Gasteiger partial charge in [0.25, 0.3) is 0 Å². The first-order valence-corrected chi connectivity index (χ1v) is 13.4. The first-order chi connectivity index (χ1) is 16.2. The number of thiazole rings is 1. The maximum atomic E-state index is 12.5. The topological polar surface area (TPSA) is 39.7 Å². The number of aromatic nitrogens is 1. The van der Waals surface area contributed by atoms with Crippen molar-refractivity contribution in [2.75, 3.05) is 45.0 Å². The molecule has 0 N–H and O–H groups in total. The molecule has 3 heterocycles. The van der Waals surface area contributed by atoms with Gasteiger partial charge < -0.3 is 4.90 Å². The van der Waals surface area contributed by atoms with Crippen molar-refractivity contribution < 1.29 is 4.79 Å². The molecular formula is C26H32N4OS2. The van der Waals surface area contributed by atoms with Gasteiger partial charge in [-0.2, -0.15) is 0 Å². The van der Waals surface area contributed by atoms with E-state index in [0.29, 0.717) is 5.75 Å². The van der Waals surface area contributed by atoms with Crippen molar-refractivity contribution in [1.29, 1.82) is 0 Å². The van der Waals surface area contributed by atoms with Crippen LogP contribution in [-0.4, -0.2) is 70.6 Å². The fraction of sp³-hybridized carbons (Fsp3) is 0.385. The van der Waals surface area contributed by atoms with Gasteiger partial charge in [-0.05, 0) is 12.5 Å². The molecule has 1 atom stereocenters. The van der Waals surface area contributed by atoms with Crippen molar-refractivity contribution in [3.05, 3.63) is 82.9 Å². The number of benzene rings is 1. The quantitative estimate of drug-likeness (QED) is 0.488. The molecule has 1 aromatic heterocycles. The van der Waals surface area contributed by atoms with E-state index in [2.05, 4.69) is 57.0 Å². The maximum absolute atomic E-state index is 12.5. The van der Waals surface area contributed by atoms with E-state index in [-0.39, 0.29) is 11.3 Å². The van der Waals surface area contributed by atoms with Gasteiger partial charge in [-0.25, -0.2) is 4.98 Å². The molecule has 1 unspecified atom stereocenters. The molecule has 0 bridgehead atoms. The Morgan fingerprint density at radius 2 is 1.91 bits per heavy atom. The highest BCUT2D eigenvalue weighted by Gasteiger charge is 2.32. The Morgan fingerprint density at radius 1 is 1.15 bits per heavy atom. The van der Waals surface area contributed by atoms with Crippen LogP contribution >= 0.6 is 23.1 Å². The van der Waals surface area contributed by atoms with Crippen LogP contribution in [0.15, 0.2) is 66.6 Å². The standard InChI is InChI=1S/C26H32N4OS2/c1-3-5-9-21(4-2)25-27-23(19-32-25)18-29-14-12-28(13-15-29)16-17-30-24(31)20-33-26(30)22-10-7-6-8-11-22/h3-11,19,26H,2,12-18,20H2,1H3/b5-3-,21-9+. The van der Waals surface area contributed by atoms with Crippen molar-refractivity contribution in [3.63, 3.8) is 0 Å². The number of hydrogen-bond acceptors (Lipinski definition) is 6. The molecule has 2 aliphatic rings. The summed E-state index contributed by atoms with van der Waals surface area (Å²) < 4.78 is 0. The molecule has 7 heteroatoms. The number of amides is 1. The second-order valence-electron chi connectivity index (χ2n) is 8.27. The Bertz CT molecular complexity index is 993. The van der Waals surface area contributed by atoms with Crippen LogP contribution in [0.2, 0.25) is 0 Å². The smallest absolute Gasteiger partial charge is 0.233 e. The highest BCUT2D eigenvalue weighted by Crippen LogP contribution is 2.38. The molecule has 1 aromatic carbocycles. The van der Waals surface area contributed by atoms with Crippen molar-refractivity contribution in [2.45, 2.75) is 18.8 Å². The van der Waals surface area contributed by atoms with E-state index < -0.39 is 0 Å². The monoisotopic (exact) mass is 480 g/mol. The summed E-state index contributed by atoms with van der Waals surface area (Å²) in [7, 11) is 0. The minimum absolute atomic E-state index is 0.154. The molecule has 33 heavy (non-hydrogen) atoms. The van der Waals surface area contributed by atoms with E-state index in [1.165, 1.54) is 5.56 Å². The third kappa shape index (κ3) is 6.23. The van der Waals surface area contributed by atoms with Gasteiger partial charge in [-0.15, -0.1) is 23.1 Å². The van der Waals surface area contributed by atoms with Crippen LogP contribution in [0, 0.1) is 0 Å². The van der Waals surface area contributed by atoms with Crippen LogP contribution in [0.1, 0.15) is 28.6 Å². The average Bonchev–Trinajstić information content (AvgIpc) is 3.46. The lowest BCUT2D eigenvalue weighted by molar-refractivity contribution is -0.128. The summed E-state index contributed by atoms with van der Waals surface area (Å²) in [5, 5.41) is 3.34. The molecule has 0 aliphatic carbocycles. The number of allylic oxidation sites excluding steroid dienone is 5. The van der Waals surface area contributed by atoms with E-state index in [0.717, 1.165) is 62.1 Å². The van der Waals surface area contributed by atoms with E-state index in [1.54, 1.807) is 23.1 Å². The first kappa shape index (κ1) is 24.0. The number of carbonyl (C=O) groups is 1. The second kappa shape index (κ2) is 11.8. The summed E-state index contributed by atoms with van der Waals surface area (Å²) in [5.41, 5.74) is 3.42. The van der Waals surface area contributed by atoms with Crippen LogP contribution in [0.5, 0.6) is 0 Å². The Hall–Kier alpha value is -2.19. The zero-order chi connectivity index (χ0) is 23.0. The summed E-state index contributed by atoms with van der Waals surface area (Å²) in [6.07, 6.45) is 7.96. The molecule has 2 saturated heterocycles. The molecule has 2 fully saturated rings. The van der Waals surface area contributed by atoms with Gasteiger partial charge in [0.1, 0.15) is 10.4 Å². The molecular weight excluding hydrogens is 448 g/mol. The zero-order valence-corrected chi connectivity index (χ0v) is 20.9. The van der Waals surface area contributed by atoms with Crippen LogP contribution < -0.4 is 0 Å². The molecule has 4 rings (SSSR count). The minimum Gasteiger partial charge on any atom is -0.325 e. The molecule has 2 aromatic rings. The van der Waals surface area contributed by atoms with Gasteiger partial charge in [0, 0.05) is 56.8 Å². The molecule has 5 nitrogen and oxygen atoms in total. The molecule has 0 radical (unpaired) electrons.